The van der Waals surface area contributed by atoms with Gasteiger partial charge in [0.1, 0.15) is 12.1 Å². The van der Waals surface area contributed by atoms with Crippen molar-refractivity contribution in [3.8, 4) is 0 Å². The van der Waals surface area contributed by atoms with Gasteiger partial charge in [-0.2, -0.15) is 4.98 Å². The second-order valence-corrected chi connectivity index (χ2v) is 4.97. The number of nitrogens with one attached hydrogen (secondary N) is 1. The van der Waals surface area contributed by atoms with Gasteiger partial charge in [0.2, 0.25) is 18.2 Å². The van der Waals surface area contributed by atoms with Gasteiger partial charge in [-0.15, -0.1) is 0 Å². The van der Waals surface area contributed by atoms with Gasteiger partial charge in [0.25, 0.3) is 0 Å². The summed E-state index contributed by atoms with van der Waals surface area (Å²) in [6, 6.07) is -0.955. The molecule has 2 unspecified atom stereocenters. The molecule has 1 aliphatic rings. The van der Waals surface area contributed by atoms with Gasteiger partial charge in [0, 0.05) is 0 Å². The highest BCUT2D eigenvalue weighted by Gasteiger charge is 2.41. The fraction of sp³-hybridized carbons (Fsp3) is 0.667. The predicted octanol–water partition coefficient (Wildman–Crippen LogP) is 0.331. The van der Waals surface area contributed by atoms with E-state index in [2.05, 4.69) is 20.0 Å². The Labute approximate surface area is 111 Å². The molecule has 1 aromatic heterocycles. The summed E-state index contributed by atoms with van der Waals surface area (Å²) in [5.41, 5.74) is 0. The minimum atomic E-state index is -0.492. The zero-order chi connectivity index (χ0) is 14.0. The number of aromatic nitrogens is 2. The number of rotatable bonds is 4. The Balaban J connectivity index is 2.26. The largest absolute Gasteiger partial charge is 0.343 e. The van der Waals surface area contributed by atoms with E-state index in [1.807, 2.05) is 20.8 Å². The van der Waals surface area contributed by atoms with E-state index in [0.29, 0.717) is 12.2 Å². The Bertz CT molecular complexity index is 458. The lowest BCUT2D eigenvalue weighted by Gasteiger charge is -2.40. The summed E-state index contributed by atoms with van der Waals surface area (Å²) < 4.78 is 4.67. The number of carbonyl (C=O) groups excluding carboxylic acids is 2. The Hall–Kier alpha value is -1.92. The second kappa shape index (κ2) is 5.38. The molecule has 2 amide bonds. The van der Waals surface area contributed by atoms with E-state index in [1.54, 1.807) is 4.90 Å². The van der Waals surface area contributed by atoms with Gasteiger partial charge in [-0.1, -0.05) is 25.9 Å². The molecule has 7 nitrogen and oxygen atoms in total. The van der Waals surface area contributed by atoms with Crippen molar-refractivity contribution >= 4 is 11.8 Å². The van der Waals surface area contributed by atoms with E-state index in [0.717, 1.165) is 0 Å². The van der Waals surface area contributed by atoms with Crippen LogP contribution < -0.4 is 5.32 Å². The molecule has 2 rings (SSSR count). The first-order valence-electron chi connectivity index (χ1n) is 6.40. The van der Waals surface area contributed by atoms with Crippen molar-refractivity contribution in [3.63, 3.8) is 0 Å². The predicted molar refractivity (Wildman–Crippen MR) is 65.7 cm³/mol. The van der Waals surface area contributed by atoms with Crippen LogP contribution in [0.1, 0.15) is 33.0 Å². The molecule has 0 radical (unpaired) electrons. The maximum Gasteiger partial charge on any atom is 0.246 e. The lowest BCUT2D eigenvalue weighted by atomic mass is 9.96. The maximum absolute atomic E-state index is 12.4. The van der Waals surface area contributed by atoms with E-state index in [4.69, 9.17) is 0 Å². The molecule has 1 N–H and O–H groups in total. The highest BCUT2D eigenvalue weighted by atomic mass is 16.5. The van der Waals surface area contributed by atoms with Crippen molar-refractivity contribution in [3.05, 3.63) is 12.2 Å². The van der Waals surface area contributed by atoms with Crippen LogP contribution in [0, 0.1) is 5.92 Å². The third-order valence-electron chi connectivity index (χ3n) is 3.26. The number of amides is 2. The molecule has 0 spiro atoms. The van der Waals surface area contributed by atoms with Crippen molar-refractivity contribution in [2.45, 2.75) is 45.8 Å². The van der Waals surface area contributed by atoms with Crippen molar-refractivity contribution in [1.29, 1.82) is 0 Å². The molecule has 7 heteroatoms. The van der Waals surface area contributed by atoms with Gasteiger partial charge in [-0.3, -0.25) is 9.59 Å². The first-order valence-corrected chi connectivity index (χ1v) is 6.40. The fourth-order valence-electron chi connectivity index (χ4n) is 2.33. The molecular formula is C12H18N4O3. The molecule has 2 atom stereocenters. The fourth-order valence-corrected chi connectivity index (χ4v) is 2.33. The summed E-state index contributed by atoms with van der Waals surface area (Å²) in [7, 11) is 0. The Morgan fingerprint density at radius 2 is 2.21 bits per heavy atom. The summed E-state index contributed by atoms with van der Waals surface area (Å²) in [5.74, 6) is 0.216. The van der Waals surface area contributed by atoms with Crippen LogP contribution in [0.4, 0.5) is 0 Å². The van der Waals surface area contributed by atoms with Crippen LogP contribution in [0.15, 0.2) is 10.9 Å². The molecule has 2 heterocycles. The zero-order valence-corrected chi connectivity index (χ0v) is 11.3. The van der Waals surface area contributed by atoms with Crippen LogP contribution >= 0.6 is 0 Å². The minimum Gasteiger partial charge on any atom is -0.343 e. The molecular weight excluding hydrogens is 248 g/mol. The number of carbonyl (C=O) groups is 2. The highest BCUT2D eigenvalue weighted by Crippen LogP contribution is 2.20. The van der Waals surface area contributed by atoms with Gasteiger partial charge in [-0.25, -0.2) is 0 Å². The molecule has 1 saturated heterocycles. The topological polar surface area (TPSA) is 88.3 Å². The molecule has 19 heavy (non-hydrogen) atoms. The monoisotopic (exact) mass is 266 g/mol. The van der Waals surface area contributed by atoms with Gasteiger partial charge in [0.05, 0.1) is 6.54 Å². The summed E-state index contributed by atoms with van der Waals surface area (Å²) in [5, 5.41) is 6.47. The quantitative estimate of drug-likeness (QED) is 0.848. The van der Waals surface area contributed by atoms with Crippen molar-refractivity contribution in [1.82, 2.24) is 20.4 Å². The van der Waals surface area contributed by atoms with Gasteiger partial charge < -0.3 is 14.7 Å². The maximum atomic E-state index is 12.4. The van der Waals surface area contributed by atoms with Crippen LogP contribution in [0.2, 0.25) is 0 Å². The van der Waals surface area contributed by atoms with Gasteiger partial charge in [-0.05, 0) is 12.3 Å². The SMILES string of the molecule is CCC1NC(=O)C(C(C)C)N(Cc2ncon2)C1=O. The number of nitrogens with zero attached hydrogens (tertiary/aromatic N) is 3. The molecule has 0 saturated carbocycles. The van der Waals surface area contributed by atoms with Gasteiger partial charge in [0.15, 0.2) is 5.82 Å². The molecule has 0 aromatic carbocycles. The summed E-state index contributed by atoms with van der Waals surface area (Å²) in [4.78, 5) is 29.9. The smallest absolute Gasteiger partial charge is 0.246 e. The first kappa shape index (κ1) is 13.5. The molecule has 0 aliphatic carbocycles. The number of hydrogen-bond acceptors (Lipinski definition) is 5. The van der Waals surface area contributed by atoms with E-state index in [-0.39, 0.29) is 24.3 Å². The summed E-state index contributed by atoms with van der Waals surface area (Å²) in [6.07, 6.45) is 1.78. The lowest BCUT2D eigenvalue weighted by Crippen LogP contribution is -2.64. The van der Waals surface area contributed by atoms with Crippen LogP contribution in [-0.4, -0.2) is 38.9 Å². The van der Waals surface area contributed by atoms with E-state index in [1.165, 1.54) is 6.39 Å². The Morgan fingerprint density at radius 1 is 1.47 bits per heavy atom. The van der Waals surface area contributed by atoms with Crippen molar-refractivity contribution < 1.29 is 14.1 Å². The standard InChI is InChI=1S/C12H18N4O3/c1-4-8-12(18)16(5-9-13-6-19-15-9)10(7(2)3)11(17)14-8/h6-8,10H,4-5H2,1-3H3,(H,14,17). The van der Waals surface area contributed by atoms with Crippen molar-refractivity contribution in [2.75, 3.05) is 0 Å². The van der Waals surface area contributed by atoms with Gasteiger partial charge >= 0.3 is 0 Å². The Kier molecular flexibility index (Phi) is 3.82. The van der Waals surface area contributed by atoms with E-state index >= 15 is 0 Å². The van der Waals surface area contributed by atoms with Crippen LogP contribution in [0.3, 0.4) is 0 Å². The second-order valence-electron chi connectivity index (χ2n) is 4.97. The zero-order valence-electron chi connectivity index (χ0n) is 11.3. The molecule has 104 valence electrons. The molecule has 0 bridgehead atoms. The van der Waals surface area contributed by atoms with Crippen LogP contribution in [0.25, 0.3) is 0 Å². The van der Waals surface area contributed by atoms with Crippen LogP contribution in [0.5, 0.6) is 0 Å². The lowest BCUT2D eigenvalue weighted by molar-refractivity contribution is -0.152. The highest BCUT2D eigenvalue weighted by molar-refractivity contribution is 5.97. The first-order chi connectivity index (χ1) is 9.04. The third kappa shape index (κ3) is 2.59. The normalized spacial score (nSPS) is 23.9. The van der Waals surface area contributed by atoms with Crippen LogP contribution in [-0.2, 0) is 16.1 Å². The van der Waals surface area contributed by atoms with E-state index in [9.17, 15) is 9.59 Å². The average Bonchev–Trinajstić information content (AvgIpc) is 2.85. The average molecular weight is 266 g/mol. The molecule has 1 aliphatic heterocycles. The summed E-state index contributed by atoms with van der Waals surface area (Å²) >= 11 is 0. The minimum absolute atomic E-state index is 0.0219. The van der Waals surface area contributed by atoms with Crippen molar-refractivity contribution in [2.24, 2.45) is 5.92 Å². The molecule has 1 aromatic rings. The number of piperazine rings is 1. The van der Waals surface area contributed by atoms with E-state index < -0.39 is 12.1 Å². The summed E-state index contributed by atoms with van der Waals surface area (Å²) in [6.45, 7) is 5.88. The third-order valence-corrected chi connectivity index (χ3v) is 3.26. The number of hydrogen-bond donors (Lipinski definition) is 1. The molecule has 1 fully saturated rings. The Morgan fingerprint density at radius 3 is 2.74 bits per heavy atom.